The highest BCUT2D eigenvalue weighted by molar-refractivity contribution is 5.88. The lowest BCUT2D eigenvalue weighted by Gasteiger charge is -2.07. The molecule has 0 amide bonds. The molecule has 0 atom stereocenters. The first-order valence-corrected chi connectivity index (χ1v) is 11.1. The highest BCUT2D eigenvalue weighted by Gasteiger charge is 2.27. The molecule has 8 nitrogen and oxygen atoms in total. The van der Waals surface area contributed by atoms with Crippen LogP contribution in [0.25, 0.3) is 28.2 Å². The van der Waals surface area contributed by atoms with Crippen molar-refractivity contribution in [2.24, 2.45) is 0 Å². The van der Waals surface area contributed by atoms with Gasteiger partial charge in [-0.1, -0.05) is 48.5 Å². The third-order valence-corrected chi connectivity index (χ3v) is 6.17. The quantitative estimate of drug-likeness (QED) is 0.389. The summed E-state index contributed by atoms with van der Waals surface area (Å²) < 4.78 is 6.77. The van der Waals surface area contributed by atoms with Gasteiger partial charge in [0.1, 0.15) is 5.82 Å². The average molecular weight is 451 g/mol. The summed E-state index contributed by atoms with van der Waals surface area (Å²) in [6.07, 6.45) is 4.69. The van der Waals surface area contributed by atoms with Gasteiger partial charge < -0.3 is 14.7 Å². The van der Waals surface area contributed by atoms with Crippen LogP contribution >= 0.6 is 0 Å². The van der Waals surface area contributed by atoms with Crippen LogP contribution in [0.3, 0.4) is 0 Å². The van der Waals surface area contributed by atoms with E-state index < -0.39 is 5.97 Å². The molecule has 2 N–H and O–H groups in total. The van der Waals surface area contributed by atoms with E-state index in [1.165, 1.54) is 0 Å². The molecule has 0 saturated carbocycles. The van der Waals surface area contributed by atoms with Crippen molar-refractivity contribution < 1.29 is 9.53 Å². The zero-order chi connectivity index (χ0) is 23.2. The Bertz CT molecular complexity index is 1610. The second kappa shape index (κ2) is 7.84. The van der Waals surface area contributed by atoms with Crippen LogP contribution in [0.5, 0.6) is 0 Å². The summed E-state index contributed by atoms with van der Waals surface area (Å²) >= 11 is 0. The Labute approximate surface area is 194 Å². The van der Waals surface area contributed by atoms with Crippen LogP contribution in [0.1, 0.15) is 40.1 Å². The minimum Gasteiger partial charge on any atom is -0.461 e. The molecule has 0 radical (unpaired) electrons. The van der Waals surface area contributed by atoms with Gasteiger partial charge in [0.15, 0.2) is 5.69 Å². The molecule has 0 aliphatic heterocycles. The van der Waals surface area contributed by atoms with Crippen molar-refractivity contribution >= 4 is 11.6 Å². The number of aromatic amines is 2. The van der Waals surface area contributed by atoms with Crippen LogP contribution in [-0.2, 0) is 17.6 Å². The average Bonchev–Trinajstić information content (AvgIpc) is 3.58. The Morgan fingerprint density at radius 1 is 1.12 bits per heavy atom. The van der Waals surface area contributed by atoms with Crippen molar-refractivity contribution in [3.8, 4) is 22.5 Å². The number of H-pyrrole nitrogens is 2. The number of benzene rings is 2. The van der Waals surface area contributed by atoms with E-state index in [4.69, 9.17) is 4.74 Å². The van der Waals surface area contributed by atoms with Crippen molar-refractivity contribution in [3.05, 3.63) is 99.6 Å². The summed E-state index contributed by atoms with van der Waals surface area (Å²) in [5.74, 6) is 0.330. The van der Waals surface area contributed by atoms with Crippen molar-refractivity contribution in [1.29, 1.82) is 0 Å². The fourth-order valence-corrected chi connectivity index (χ4v) is 4.62. The number of nitrogens with one attached hydrogen (secondary N) is 2. The normalized spacial score (nSPS) is 12.0. The molecule has 2 aromatic carbocycles. The summed E-state index contributed by atoms with van der Waals surface area (Å²) in [7, 11) is 0. The van der Waals surface area contributed by atoms with Crippen LogP contribution in [0.15, 0.2) is 65.7 Å². The maximum Gasteiger partial charge on any atom is 0.358 e. The van der Waals surface area contributed by atoms with Gasteiger partial charge >= 0.3 is 5.97 Å². The molecule has 5 aromatic rings. The molecule has 3 heterocycles. The van der Waals surface area contributed by atoms with Gasteiger partial charge in [0.05, 0.1) is 29.9 Å². The van der Waals surface area contributed by atoms with Crippen LogP contribution < -0.4 is 5.56 Å². The summed E-state index contributed by atoms with van der Waals surface area (Å²) in [6.45, 7) is 1.98. The van der Waals surface area contributed by atoms with Gasteiger partial charge in [0.25, 0.3) is 5.56 Å². The number of nitrogens with zero attached hydrogens (tertiary/aromatic N) is 3. The predicted octanol–water partition coefficient (Wildman–Crippen LogP) is 3.75. The largest absolute Gasteiger partial charge is 0.461 e. The number of fused-ring (bicyclic) bond motifs is 5. The zero-order valence-electron chi connectivity index (χ0n) is 18.5. The Morgan fingerprint density at radius 3 is 2.79 bits per heavy atom. The summed E-state index contributed by atoms with van der Waals surface area (Å²) in [6, 6.07) is 16.2. The van der Waals surface area contributed by atoms with E-state index in [0.717, 1.165) is 45.2 Å². The lowest BCUT2D eigenvalue weighted by atomic mass is 10.00. The number of carbonyl (C=O) groups is 1. The van der Waals surface area contributed by atoms with Crippen molar-refractivity contribution in [2.45, 2.75) is 19.8 Å². The van der Waals surface area contributed by atoms with E-state index in [-0.39, 0.29) is 23.5 Å². The van der Waals surface area contributed by atoms with Gasteiger partial charge in [-0.05, 0) is 23.6 Å². The minimum atomic E-state index is -0.539. The standard InChI is InChI=1S/C26H21N5O3/c1-2-34-26(33)20-14-31-21-12-18-16(9-6-10-17(18)23(21)30-25(32)24(31)29-20)11-22-27-13-19(28-22)15-7-4-3-5-8-15/h3-10,13-14H,2,11-12H2,1H3,(H,27,28)(H,30,32). The third kappa shape index (κ3) is 3.23. The Hall–Kier alpha value is -4.46. The first-order chi connectivity index (χ1) is 16.6. The van der Waals surface area contributed by atoms with Gasteiger partial charge in [0.2, 0.25) is 5.65 Å². The van der Waals surface area contributed by atoms with E-state index in [0.29, 0.717) is 12.8 Å². The van der Waals surface area contributed by atoms with Crippen LogP contribution in [-0.4, -0.2) is 36.9 Å². The van der Waals surface area contributed by atoms with Crippen molar-refractivity contribution in [3.63, 3.8) is 0 Å². The molecule has 0 bridgehead atoms. The number of esters is 1. The Morgan fingerprint density at radius 2 is 1.97 bits per heavy atom. The molecule has 168 valence electrons. The predicted molar refractivity (Wildman–Crippen MR) is 127 cm³/mol. The van der Waals surface area contributed by atoms with Gasteiger partial charge in [-0.3, -0.25) is 9.20 Å². The highest BCUT2D eigenvalue weighted by atomic mass is 16.5. The van der Waals surface area contributed by atoms with E-state index in [1.807, 2.05) is 48.7 Å². The maximum absolute atomic E-state index is 12.7. The number of carbonyl (C=O) groups excluding carboxylic acids is 1. The molecule has 0 spiro atoms. The number of imidazole rings is 2. The molecule has 1 aliphatic carbocycles. The summed E-state index contributed by atoms with van der Waals surface area (Å²) in [5, 5.41) is 0. The molecule has 0 saturated heterocycles. The molecule has 8 heteroatoms. The van der Waals surface area contributed by atoms with Gasteiger partial charge in [0, 0.05) is 24.6 Å². The van der Waals surface area contributed by atoms with Gasteiger partial charge in [-0.2, -0.15) is 0 Å². The number of hydrogen-bond donors (Lipinski definition) is 2. The lowest BCUT2D eigenvalue weighted by Crippen LogP contribution is -2.13. The first-order valence-electron chi connectivity index (χ1n) is 11.1. The van der Waals surface area contributed by atoms with Crippen LogP contribution in [0, 0.1) is 0 Å². The second-order valence-electron chi connectivity index (χ2n) is 8.22. The van der Waals surface area contributed by atoms with Crippen LogP contribution in [0.4, 0.5) is 0 Å². The summed E-state index contributed by atoms with van der Waals surface area (Å²) in [5.41, 5.74) is 6.92. The Balaban J connectivity index is 1.37. The molecule has 0 unspecified atom stereocenters. The van der Waals surface area contributed by atoms with E-state index in [9.17, 15) is 9.59 Å². The maximum atomic E-state index is 12.7. The van der Waals surface area contributed by atoms with E-state index in [2.05, 4.69) is 26.0 Å². The van der Waals surface area contributed by atoms with Gasteiger partial charge in [-0.25, -0.2) is 14.8 Å². The van der Waals surface area contributed by atoms with Crippen molar-refractivity contribution in [1.82, 2.24) is 24.3 Å². The number of rotatable bonds is 5. The molecule has 3 aromatic heterocycles. The fraction of sp³-hybridized carbons (Fsp3) is 0.154. The molecular weight excluding hydrogens is 430 g/mol. The topological polar surface area (TPSA) is 105 Å². The van der Waals surface area contributed by atoms with Crippen molar-refractivity contribution in [2.75, 3.05) is 6.61 Å². The number of ether oxygens (including phenoxy) is 1. The molecule has 0 fully saturated rings. The number of hydrogen-bond acceptors (Lipinski definition) is 5. The monoisotopic (exact) mass is 451 g/mol. The highest BCUT2D eigenvalue weighted by Crippen LogP contribution is 2.37. The van der Waals surface area contributed by atoms with E-state index in [1.54, 1.807) is 17.5 Å². The first kappa shape index (κ1) is 20.2. The fourth-order valence-electron chi connectivity index (χ4n) is 4.62. The molecule has 6 rings (SSSR count). The zero-order valence-corrected chi connectivity index (χ0v) is 18.5. The minimum absolute atomic E-state index is 0.126. The lowest BCUT2D eigenvalue weighted by molar-refractivity contribution is 0.0520. The number of aromatic nitrogens is 5. The van der Waals surface area contributed by atoms with E-state index >= 15 is 0 Å². The molecule has 1 aliphatic rings. The SMILES string of the molecule is CCOC(=O)c1cn2c3c([nH]c(=O)c2n1)-c1cccc(Cc2ncc(-c4ccccc4)[nH]2)c1C3. The second-order valence-corrected chi connectivity index (χ2v) is 8.22. The third-order valence-electron chi connectivity index (χ3n) is 6.17. The van der Waals surface area contributed by atoms with Gasteiger partial charge in [-0.15, -0.1) is 0 Å². The smallest absolute Gasteiger partial charge is 0.358 e. The van der Waals surface area contributed by atoms with Crippen LogP contribution in [0.2, 0.25) is 0 Å². The molecular formula is C26H21N5O3. The molecule has 34 heavy (non-hydrogen) atoms. The summed E-state index contributed by atoms with van der Waals surface area (Å²) in [4.78, 5) is 40.1. The Kier molecular flexibility index (Phi) is 4.65.